The molecule has 0 radical (unpaired) electrons. The number of hydrogen-bond donors (Lipinski definition) is 0. The first-order chi connectivity index (χ1) is 14.4. The zero-order valence-corrected chi connectivity index (χ0v) is 18.2. The van der Waals surface area contributed by atoms with Gasteiger partial charge in [-0.1, -0.05) is 22.0 Å². The van der Waals surface area contributed by atoms with Crippen molar-refractivity contribution in [1.82, 2.24) is 18.7 Å². The molecule has 0 aliphatic carbocycles. The lowest BCUT2D eigenvalue weighted by atomic mass is 9.98. The summed E-state index contributed by atoms with van der Waals surface area (Å²) >= 11 is 3.33. The van der Waals surface area contributed by atoms with Crippen LogP contribution in [0.15, 0.2) is 47.2 Å². The maximum absolute atomic E-state index is 15.0. The van der Waals surface area contributed by atoms with Gasteiger partial charge in [0.2, 0.25) is 0 Å². The Balaban J connectivity index is 1.73. The summed E-state index contributed by atoms with van der Waals surface area (Å²) in [4.78, 5) is 19.2. The van der Waals surface area contributed by atoms with Crippen molar-refractivity contribution in [3.8, 4) is 0 Å². The fourth-order valence-corrected chi connectivity index (χ4v) is 4.73. The lowest BCUT2D eigenvalue weighted by Gasteiger charge is -2.26. The molecule has 2 aromatic carbocycles. The largest absolute Gasteiger partial charge is 0.295 e. The Hall–Kier alpha value is -2.72. The minimum absolute atomic E-state index is 0.0474. The number of imidazole rings is 1. The predicted octanol–water partition coefficient (Wildman–Crippen LogP) is 5.11. The minimum Gasteiger partial charge on any atom is -0.295 e. The second-order valence-corrected chi connectivity index (χ2v) is 8.47. The smallest absolute Gasteiger partial charge is 0.277 e. The van der Waals surface area contributed by atoms with E-state index < -0.39 is 11.9 Å². The van der Waals surface area contributed by atoms with Gasteiger partial charge < -0.3 is 0 Å². The molecule has 2 aromatic heterocycles. The molecule has 1 unspecified atom stereocenters. The maximum atomic E-state index is 15.0. The van der Waals surface area contributed by atoms with Crippen molar-refractivity contribution in [2.24, 2.45) is 7.05 Å². The van der Waals surface area contributed by atoms with Crippen LogP contribution < -0.4 is 4.90 Å². The quantitative estimate of drug-likeness (QED) is 0.401. The SMILES string of the molecule is Cc1nn(C)c2c1C(c1ccc(Br)cc1F)N(c1ccc3c(c1)ncn3SF)C2=O. The highest BCUT2D eigenvalue weighted by molar-refractivity contribution is 9.10. The molecule has 0 bridgehead atoms. The number of rotatable bonds is 3. The van der Waals surface area contributed by atoms with Gasteiger partial charge in [0.05, 0.1) is 22.8 Å². The van der Waals surface area contributed by atoms with Gasteiger partial charge in [0.1, 0.15) is 17.8 Å². The van der Waals surface area contributed by atoms with Crippen molar-refractivity contribution in [2.45, 2.75) is 13.0 Å². The van der Waals surface area contributed by atoms with E-state index in [1.165, 1.54) is 21.0 Å². The first kappa shape index (κ1) is 19.3. The highest BCUT2D eigenvalue weighted by Crippen LogP contribution is 2.44. The highest BCUT2D eigenvalue weighted by atomic mass is 79.9. The second kappa shape index (κ2) is 6.92. The summed E-state index contributed by atoms with van der Waals surface area (Å²) in [5, 5.41) is 4.38. The summed E-state index contributed by atoms with van der Waals surface area (Å²) < 4.78 is 31.5. The average molecular weight is 490 g/mol. The van der Waals surface area contributed by atoms with E-state index in [4.69, 9.17) is 0 Å². The number of amides is 1. The van der Waals surface area contributed by atoms with Gasteiger partial charge in [-0.05, 0) is 37.3 Å². The Morgan fingerprint density at radius 1 is 1.20 bits per heavy atom. The number of fused-ring (bicyclic) bond motifs is 2. The third-order valence-electron chi connectivity index (χ3n) is 5.33. The van der Waals surface area contributed by atoms with E-state index in [9.17, 15) is 13.1 Å². The van der Waals surface area contributed by atoms with Gasteiger partial charge in [0.15, 0.2) is 12.3 Å². The molecule has 6 nitrogen and oxygen atoms in total. The van der Waals surface area contributed by atoms with E-state index in [1.54, 1.807) is 42.3 Å². The van der Waals surface area contributed by atoms with Crippen LogP contribution in [-0.4, -0.2) is 24.6 Å². The van der Waals surface area contributed by atoms with Gasteiger partial charge in [-0.3, -0.25) is 14.4 Å². The number of aromatic nitrogens is 4. The molecule has 1 atom stereocenters. The summed E-state index contributed by atoms with van der Waals surface area (Å²) in [6.45, 7) is 1.81. The molecule has 3 heterocycles. The molecule has 1 amide bonds. The van der Waals surface area contributed by atoms with Crippen LogP contribution in [0, 0.1) is 12.7 Å². The zero-order valence-electron chi connectivity index (χ0n) is 15.8. The molecule has 0 N–H and O–H groups in total. The van der Waals surface area contributed by atoms with Crippen molar-refractivity contribution in [1.29, 1.82) is 0 Å². The monoisotopic (exact) mass is 489 g/mol. The predicted molar refractivity (Wildman–Crippen MR) is 115 cm³/mol. The van der Waals surface area contributed by atoms with E-state index in [0.717, 1.165) is 0 Å². The minimum atomic E-state index is -0.676. The Labute approximate surface area is 183 Å². The lowest BCUT2D eigenvalue weighted by molar-refractivity contribution is 0.0984. The molecule has 4 aromatic rings. The van der Waals surface area contributed by atoms with Crippen LogP contribution in [0.5, 0.6) is 0 Å². The van der Waals surface area contributed by atoms with E-state index in [0.29, 0.717) is 43.7 Å². The van der Waals surface area contributed by atoms with Gasteiger partial charge in [0, 0.05) is 28.3 Å². The second-order valence-electron chi connectivity index (χ2n) is 7.03. The lowest BCUT2D eigenvalue weighted by Crippen LogP contribution is -2.30. The van der Waals surface area contributed by atoms with Crippen molar-refractivity contribution >= 4 is 50.9 Å². The molecule has 1 aliphatic rings. The van der Waals surface area contributed by atoms with Crippen molar-refractivity contribution < 1.29 is 13.1 Å². The number of hydrogen-bond acceptors (Lipinski definition) is 4. The Kier molecular flexibility index (Phi) is 4.44. The third kappa shape index (κ3) is 2.70. The van der Waals surface area contributed by atoms with E-state index in [-0.39, 0.29) is 18.2 Å². The van der Waals surface area contributed by atoms with Gasteiger partial charge in [0.25, 0.3) is 5.91 Å². The van der Waals surface area contributed by atoms with Gasteiger partial charge in [-0.2, -0.15) is 5.10 Å². The number of aryl methyl sites for hydroxylation is 2. The zero-order chi connectivity index (χ0) is 21.2. The van der Waals surface area contributed by atoms with Crippen LogP contribution in [0.2, 0.25) is 0 Å². The third-order valence-corrected chi connectivity index (χ3v) is 6.26. The van der Waals surface area contributed by atoms with Crippen LogP contribution >= 0.6 is 28.3 Å². The van der Waals surface area contributed by atoms with E-state index in [1.807, 2.05) is 6.92 Å². The molecule has 0 saturated heterocycles. The topological polar surface area (TPSA) is 56.0 Å². The Morgan fingerprint density at radius 2 is 2.00 bits per heavy atom. The standard InChI is InChI=1S/C20H14BrF2N5OS/c1-10-17-18(13-5-3-11(21)7-14(13)22)28(20(29)19(17)26(2)25-10)12-4-6-16-15(8-12)24-9-27(16)30-23/h3-9,18H,1-2H3. The van der Waals surface area contributed by atoms with Gasteiger partial charge >= 0.3 is 0 Å². The van der Waals surface area contributed by atoms with Crippen LogP contribution in [0.25, 0.3) is 11.0 Å². The summed E-state index contributed by atoms with van der Waals surface area (Å²) in [7, 11) is 1.70. The molecular formula is C20H14BrF2N5OS. The molecule has 0 spiro atoms. The number of halogens is 3. The van der Waals surface area contributed by atoms with Crippen LogP contribution in [0.1, 0.15) is 33.4 Å². The number of benzene rings is 2. The summed E-state index contributed by atoms with van der Waals surface area (Å²) in [6, 6.07) is 9.23. The number of carbonyl (C=O) groups excluding carboxylic acids is 1. The van der Waals surface area contributed by atoms with E-state index >= 15 is 0 Å². The van der Waals surface area contributed by atoms with Gasteiger partial charge in [-0.15, -0.1) is 3.89 Å². The molecule has 152 valence electrons. The van der Waals surface area contributed by atoms with E-state index in [2.05, 4.69) is 26.0 Å². The molecule has 5 rings (SSSR count). The molecule has 10 heteroatoms. The van der Waals surface area contributed by atoms with Crippen molar-refractivity contribution in [3.05, 3.63) is 75.5 Å². The fraction of sp³-hybridized carbons (Fsp3) is 0.150. The maximum Gasteiger partial charge on any atom is 0.277 e. The Morgan fingerprint density at radius 3 is 2.73 bits per heavy atom. The van der Waals surface area contributed by atoms with Crippen molar-refractivity contribution in [2.75, 3.05) is 4.90 Å². The molecule has 1 aliphatic heterocycles. The van der Waals surface area contributed by atoms with Crippen LogP contribution in [0.3, 0.4) is 0 Å². The van der Waals surface area contributed by atoms with Crippen molar-refractivity contribution in [3.63, 3.8) is 0 Å². The number of nitrogens with zero attached hydrogens (tertiary/aromatic N) is 5. The summed E-state index contributed by atoms with van der Waals surface area (Å²) in [5.74, 6) is -0.707. The number of anilines is 1. The molecule has 30 heavy (non-hydrogen) atoms. The molecule has 0 fully saturated rings. The average Bonchev–Trinajstić information content (AvgIpc) is 3.34. The Bertz CT molecular complexity index is 1330. The van der Waals surface area contributed by atoms with Crippen LogP contribution in [-0.2, 0) is 7.05 Å². The number of carbonyl (C=O) groups is 1. The highest BCUT2D eigenvalue weighted by Gasteiger charge is 2.44. The normalized spacial score (nSPS) is 16.0. The summed E-state index contributed by atoms with van der Waals surface area (Å²) in [6.07, 6.45) is 1.37. The summed E-state index contributed by atoms with van der Waals surface area (Å²) in [5.41, 5.74) is 3.79. The van der Waals surface area contributed by atoms with Gasteiger partial charge in [-0.25, -0.2) is 13.3 Å². The first-order valence-corrected chi connectivity index (χ1v) is 10.5. The van der Waals surface area contributed by atoms with Crippen LogP contribution in [0.4, 0.5) is 14.0 Å². The first-order valence-electron chi connectivity index (χ1n) is 8.99. The fourth-order valence-electron chi connectivity index (χ4n) is 4.08. The molecular weight excluding hydrogens is 476 g/mol. The molecule has 0 saturated carbocycles.